The summed E-state index contributed by atoms with van der Waals surface area (Å²) in [4.78, 5) is 1.29. The van der Waals surface area contributed by atoms with Crippen LogP contribution < -0.4 is 5.32 Å². The van der Waals surface area contributed by atoms with Gasteiger partial charge in [-0.3, -0.25) is 0 Å². The van der Waals surface area contributed by atoms with E-state index in [1.165, 1.54) is 4.88 Å². The highest BCUT2D eigenvalue weighted by molar-refractivity contribution is 9.10. The summed E-state index contributed by atoms with van der Waals surface area (Å²) in [6.07, 6.45) is 0. The van der Waals surface area contributed by atoms with Crippen molar-refractivity contribution in [3.8, 4) is 6.07 Å². The number of nitrogens with zero attached hydrogens (tertiary/aromatic N) is 1. The molecular formula is C9H11BrN2S. The van der Waals surface area contributed by atoms with Crippen molar-refractivity contribution in [1.29, 1.82) is 5.26 Å². The van der Waals surface area contributed by atoms with Gasteiger partial charge in [0, 0.05) is 27.8 Å². The zero-order chi connectivity index (χ0) is 9.68. The second-order valence-electron chi connectivity index (χ2n) is 2.89. The molecule has 1 atom stereocenters. The predicted molar refractivity (Wildman–Crippen MR) is 58.5 cm³/mol. The molecule has 0 saturated carbocycles. The van der Waals surface area contributed by atoms with Crippen molar-refractivity contribution in [2.24, 2.45) is 5.92 Å². The van der Waals surface area contributed by atoms with Crippen molar-refractivity contribution in [3.63, 3.8) is 0 Å². The fourth-order valence-corrected chi connectivity index (χ4v) is 2.32. The molecule has 0 radical (unpaired) electrons. The van der Waals surface area contributed by atoms with E-state index in [0.717, 1.165) is 17.6 Å². The molecule has 0 amide bonds. The highest BCUT2D eigenvalue weighted by Gasteiger charge is 2.00. The van der Waals surface area contributed by atoms with E-state index in [2.05, 4.69) is 38.8 Å². The molecule has 4 heteroatoms. The normalized spacial score (nSPS) is 12.4. The zero-order valence-electron chi connectivity index (χ0n) is 7.38. The molecule has 1 N–H and O–H groups in total. The number of thiophene rings is 1. The lowest BCUT2D eigenvalue weighted by atomic mass is 10.2. The molecular weight excluding hydrogens is 248 g/mol. The summed E-state index contributed by atoms with van der Waals surface area (Å²) in [6.45, 7) is 3.52. The second kappa shape index (κ2) is 5.38. The molecule has 1 aromatic rings. The highest BCUT2D eigenvalue weighted by Crippen LogP contribution is 2.19. The van der Waals surface area contributed by atoms with E-state index in [9.17, 15) is 0 Å². The van der Waals surface area contributed by atoms with E-state index >= 15 is 0 Å². The van der Waals surface area contributed by atoms with E-state index in [4.69, 9.17) is 5.26 Å². The first-order chi connectivity index (χ1) is 6.22. The first-order valence-corrected chi connectivity index (χ1v) is 5.73. The van der Waals surface area contributed by atoms with Gasteiger partial charge in [0.25, 0.3) is 0 Å². The second-order valence-corrected chi connectivity index (χ2v) is 4.80. The van der Waals surface area contributed by atoms with Crippen LogP contribution in [0.25, 0.3) is 0 Å². The van der Waals surface area contributed by atoms with Crippen LogP contribution in [0, 0.1) is 17.2 Å². The topological polar surface area (TPSA) is 35.8 Å². The fraction of sp³-hybridized carbons (Fsp3) is 0.444. The van der Waals surface area contributed by atoms with E-state index in [1.807, 2.05) is 6.92 Å². The molecule has 0 aliphatic carbocycles. The predicted octanol–water partition coefficient (Wildman–Crippen LogP) is 2.76. The van der Waals surface area contributed by atoms with Gasteiger partial charge in [0.2, 0.25) is 0 Å². The smallest absolute Gasteiger partial charge is 0.0666 e. The quantitative estimate of drug-likeness (QED) is 0.902. The van der Waals surface area contributed by atoms with Gasteiger partial charge in [-0.25, -0.2) is 0 Å². The van der Waals surface area contributed by atoms with Crippen LogP contribution in [-0.2, 0) is 6.54 Å². The molecule has 1 unspecified atom stereocenters. The zero-order valence-corrected chi connectivity index (χ0v) is 9.78. The van der Waals surface area contributed by atoms with Crippen molar-refractivity contribution < 1.29 is 0 Å². The molecule has 0 bridgehead atoms. The first kappa shape index (κ1) is 10.7. The Morgan fingerprint density at radius 1 is 1.77 bits per heavy atom. The maximum atomic E-state index is 8.54. The molecule has 1 rings (SSSR count). The van der Waals surface area contributed by atoms with Crippen molar-refractivity contribution in [2.75, 3.05) is 6.54 Å². The summed E-state index contributed by atoms with van der Waals surface area (Å²) < 4.78 is 1.13. The number of nitrogens with one attached hydrogen (secondary N) is 1. The van der Waals surface area contributed by atoms with Crippen LogP contribution in [-0.4, -0.2) is 6.54 Å². The molecule has 0 aromatic carbocycles. The van der Waals surface area contributed by atoms with Gasteiger partial charge in [0.05, 0.1) is 12.0 Å². The molecule has 0 aliphatic heterocycles. The number of hydrogen-bond acceptors (Lipinski definition) is 3. The van der Waals surface area contributed by atoms with Gasteiger partial charge in [-0.2, -0.15) is 5.26 Å². The van der Waals surface area contributed by atoms with Crippen LogP contribution >= 0.6 is 27.3 Å². The number of rotatable bonds is 4. The van der Waals surface area contributed by atoms with Crippen LogP contribution in [0.2, 0.25) is 0 Å². The minimum atomic E-state index is 0.0865. The van der Waals surface area contributed by atoms with Crippen LogP contribution in [0.1, 0.15) is 11.8 Å². The Kier molecular flexibility index (Phi) is 4.43. The number of nitriles is 1. The molecule has 1 aromatic heterocycles. The number of halogens is 1. The van der Waals surface area contributed by atoms with E-state index < -0.39 is 0 Å². The molecule has 0 aliphatic rings. The fourth-order valence-electron chi connectivity index (χ4n) is 0.904. The van der Waals surface area contributed by atoms with Gasteiger partial charge in [0.1, 0.15) is 0 Å². The van der Waals surface area contributed by atoms with Crippen molar-refractivity contribution in [1.82, 2.24) is 5.32 Å². The third-order valence-electron chi connectivity index (χ3n) is 1.59. The molecule has 0 fully saturated rings. The van der Waals surface area contributed by atoms with Crippen LogP contribution in [0.5, 0.6) is 0 Å². The average molecular weight is 259 g/mol. The SMILES string of the molecule is CC(C#N)CNCc1cc(Br)cs1. The maximum absolute atomic E-state index is 8.54. The number of hydrogen-bond donors (Lipinski definition) is 1. The Labute approximate surface area is 90.7 Å². The standard InChI is InChI=1S/C9H11BrN2S/c1-7(3-11)4-12-5-9-2-8(10)6-13-9/h2,6-7,12H,4-5H2,1H3. The summed E-state index contributed by atoms with van der Waals surface area (Å²) >= 11 is 5.11. The Morgan fingerprint density at radius 2 is 2.54 bits per heavy atom. The lowest BCUT2D eigenvalue weighted by Crippen LogP contribution is -2.19. The van der Waals surface area contributed by atoms with Crippen LogP contribution in [0.4, 0.5) is 0 Å². The Hall–Kier alpha value is -0.370. The first-order valence-electron chi connectivity index (χ1n) is 4.05. The van der Waals surface area contributed by atoms with Crippen molar-refractivity contribution >= 4 is 27.3 Å². The summed E-state index contributed by atoms with van der Waals surface area (Å²) in [5.74, 6) is 0.0865. The van der Waals surface area contributed by atoms with Crippen LogP contribution in [0.3, 0.4) is 0 Å². The van der Waals surface area contributed by atoms with Crippen molar-refractivity contribution in [2.45, 2.75) is 13.5 Å². The highest BCUT2D eigenvalue weighted by atomic mass is 79.9. The minimum absolute atomic E-state index is 0.0865. The average Bonchev–Trinajstić information content (AvgIpc) is 2.51. The lowest BCUT2D eigenvalue weighted by Gasteiger charge is -2.03. The van der Waals surface area contributed by atoms with E-state index in [1.54, 1.807) is 11.3 Å². The summed E-state index contributed by atoms with van der Waals surface area (Å²) in [5.41, 5.74) is 0. The van der Waals surface area contributed by atoms with Gasteiger partial charge in [-0.05, 0) is 28.9 Å². The maximum Gasteiger partial charge on any atom is 0.0666 e. The van der Waals surface area contributed by atoms with E-state index in [-0.39, 0.29) is 5.92 Å². The molecule has 2 nitrogen and oxygen atoms in total. The Balaban J connectivity index is 2.25. The molecule has 13 heavy (non-hydrogen) atoms. The van der Waals surface area contributed by atoms with Gasteiger partial charge < -0.3 is 5.32 Å². The Morgan fingerprint density at radius 3 is 3.08 bits per heavy atom. The molecule has 0 saturated heterocycles. The molecule has 70 valence electrons. The van der Waals surface area contributed by atoms with Gasteiger partial charge in [-0.1, -0.05) is 0 Å². The summed E-state index contributed by atoms with van der Waals surface area (Å²) in [7, 11) is 0. The van der Waals surface area contributed by atoms with E-state index in [0.29, 0.717) is 0 Å². The van der Waals surface area contributed by atoms with Crippen LogP contribution in [0.15, 0.2) is 15.9 Å². The lowest BCUT2D eigenvalue weighted by molar-refractivity contribution is 0.605. The van der Waals surface area contributed by atoms with Gasteiger partial charge in [0.15, 0.2) is 0 Å². The molecule has 0 spiro atoms. The minimum Gasteiger partial charge on any atom is -0.311 e. The third-order valence-corrected chi connectivity index (χ3v) is 3.29. The monoisotopic (exact) mass is 258 g/mol. The largest absolute Gasteiger partial charge is 0.311 e. The van der Waals surface area contributed by atoms with Gasteiger partial charge >= 0.3 is 0 Å². The molecule has 1 heterocycles. The summed E-state index contributed by atoms with van der Waals surface area (Å²) in [6, 6.07) is 4.28. The summed E-state index contributed by atoms with van der Waals surface area (Å²) in [5, 5.41) is 13.8. The van der Waals surface area contributed by atoms with Crippen molar-refractivity contribution in [3.05, 3.63) is 20.8 Å². The van der Waals surface area contributed by atoms with Gasteiger partial charge in [-0.15, -0.1) is 11.3 Å². The third kappa shape index (κ3) is 3.90. The Bertz CT molecular complexity index is 303.